The molecule has 0 aromatic rings. The van der Waals surface area contributed by atoms with Crippen LogP contribution in [0, 0.1) is 0 Å². The fraction of sp³-hybridized carbons (Fsp3) is 1.00. The lowest BCUT2D eigenvalue weighted by Crippen LogP contribution is -2.64. The van der Waals surface area contributed by atoms with Gasteiger partial charge in [-0.25, -0.2) is 0 Å². The third kappa shape index (κ3) is 3.80. The van der Waals surface area contributed by atoms with Crippen LogP contribution in [0.2, 0.25) is 0 Å². The highest BCUT2D eigenvalue weighted by molar-refractivity contribution is 7.59. The normalized spacial score (nSPS) is 51.7. The van der Waals surface area contributed by atoms with Crippen molar-refractivity contribution in [1.29, 1.82) is 0 Å². The fourth-order valence-electron chi connectivity index (χ4n) is 2.54. The molecular weight excluding hydrogens is 336 g/mol. The molecule has 0 bridgehead atoms. The minimum absolute atomic E-state index is 0.557. The monoisotopic (exact) mass is 357 g/mol. The molecule has 10 nitrogen and oxygen atoms in total. The highest BCUT2D eigenvalue weighted by Gasteiger charge is 2.47. The van der Waals surface area contributed by atoms with E-state index in [2.05, 4.69) is 0 Å². The Bertz CT molecular complexity index is 385. The largest absolute Gasteiger partial charge is 0.759 e. The predicted molar refractivity (Wildman–Crippen MR) is 73.8 cm³/mol. The van der Waals surface area contributed by atoms with Crippen molar-refractivity contribution in [2.24, 2.45) is 0 Å². The van der Waals surface area contributed by atoms with Gasteiger partial charge in [0, 0.05) is 0 Å². The summed E-state index contributed by atoms with van der Waals surface area (Å²) in [6.07, 6.45) is -13.0. The maximum atomic E-state index is 10.0. The minimum atomic E-state index is -1.67. The first-order valence-corrected chi connectivity index (χ1v) is 7.53. The van der Waals surface area contributed by atoms with Gasteiger partial charge in [-0.05, 0) is 5.44 Å². The summed E-state index contributed by atoms with van der Waals surface area (Å²) in [7, 11) is 0. The summed E-state index contributed by atoms with van der Waals surface area (Å²) >= 11 is 4.97. The van der Waals surface area contributed by atoms with Gasteiger partial charge in [0.25, 0.3) is 0 Å². The van der Waals surface area contributed by atoms with Crippen molar-refractivity contribution in [2.75, 3.05) is 13.2 Å². The number of rotatable bonds is 4. The summed E-state index contributed by atoms with van der Waals surface area (Å²) in [4.78, 5) is 0. The van der Waals surface area contributed by atoms with E-state index in [1.807, 2.05) is 0 Å². The van der Waals surface area contributed by atoms with E-state index in [0.29, 0.717) is 0 Å². The average Bonchev–Trinajstić information content (AvgIpc) is 2.54. The van der Waals surface area contributed by atoms with Crippen LogP contribution in [0.25, 0.3) is 0 Å². The molecule has 0 radical (unpaired) electrons. The molecule has 136 valence electrons. The molecule has 2 aliphatic heterocycles. The molecule has 2 saturated heterocycles. The Morgan fingerprint density at radius 2 is 1.26 bits per heavy atom. The van der Waals surface area contributed by atoms with Crippen molar-refractivity contribution in [2.45, 2.75) is 60.6 Å². The Balaban J connectivity index is 2.08. The first-order valence-electron chi connectivity index (χ1n) is 7.06. The molecule has 11 heteroatoms. The molecule has 0 aromatic heterocycles. The zero-order chi connectivity index (χ0) is 17.3. The number of hydrogen-bond acceptors (Lipinski definition) is 11. The van der Waals surface area contributed by atoms with E-state index < -0.39 is 73.8 Å². The molecule has 0 amide bonds. The van der Waals surface area contributed by atoms with E-state index in [4.69, 9.17) is 37.1 Å². The molecule has 0 aromatic carbocycles. The second-order valence-corrected chi connectivity index (χ2v) is 5.97. The molecule has 7 N–H and O–H groups in total. The highest BCUT2D eigenvalue weighted by atomic mass is 32.1. The van der Waals surface area contributed by atoms with Crippen LogP contribution >= 0.6 is 0 Å². The molecule has 23 heavy (non-hydrogen) atoms. The predicted octanol–water partition coefficient (Wildman–Crippen LogP) is -4.84. The van der Waals surface area contributed by atoms with Gasteiger partial charge in [-0.15, -0.1) is 0 Å². The lowest BCUT2D eigenvalue weighted by molar-refractivity contribution is -0.334. The summed E-state index contributed by atoms with van der Waals surface area (Å²) in [5.74, 6) is 0. The molecule has 0 aliphatic carbocycles. The van der Waals surface area contributed by atoms with E-state index >= 15 is 0 Å². The Morgan fingerprint density at radius 3 is 1.83 bits per heavy atom. The molecule has 2 unspecified atom stereocenters. The minimum Gasteiger partial charge on any atom is -0.759 e. The quantitative estimate of drug-likeness (QED) is 0.241. The number of hydrogen-bond donors (Lipinski definition) is 7. The third-order valence-corrected chi connectivity index (χ3v) is 4.34. The molecule has 0 spiro atoms. The maximum absolute atomic E-state index is 10.0. The molecule has 0 saturated carbocycles. The van der Waals surface area contributed by atoms with Crippen molar-refractivity contribution >= 4 is 12.6 Å². The number of aliphatic hydroxyl groups is 7. The van der Waals surface area contributed by atoms with Crippen molar-refractivity contribution in [3.63, 3.8) is 0 Å². The smallest absolute Gasteiger partial charge is 0.187 e. The fourth-order valence-corrected chi connectivity index (χ4v) is 2.90. The van der Waals surface area contributed by atoms with Gasteiger partial charge in [-0.1, -0.05) is 0 Å². The van der Waals surface area contributed by atoms with Gasteiger partial charge in [0.05, 0.1) is 19.3 Å². The van der Waals surface area contributed by atoms with Crippen molar-refractivity contribution in [1.82, 2.24) is 0 Å². The lowest BCUT2D eigenvalue weighted by Gasteiger charge is -2.48. The standard InChI is InChI=1S/C12H22O10S/c13-1-3-5(15)7(17)9(19)11(20-3)22-10-8(18)6(16)4(2-14)21-12(10)23/h3-19,23H,1-2H2/p-1/t3-,4-,5+,6+,7+,8+,9-,10-,11?,12?/m1/s1. The van der Waals surface area contributed by atoms with Gasteiger partial charge < -0.3 is 62.6 Å². The van der Waals surface area contributed by atoms with E-state index in [1.165, 1.54) is 0 Å². The summed E-state index contributed by atoms with van der Waals surface area (Å²) in [6.45, 7) is -1.20. The van der Waals surface area contributed by atoms with Crippen molar-refractivity contribution in [3.05, 3.63) is 0 Å². The molecular formula is C12H21O10S-. The third-order valence-electron chi connectivity index (χ3n) is 3.96. The zero-order valence-corrected chi connectivity index (χ0v) is 12.8. The first-order chi connectivity index (χ1) is 10.8. The molecule has 2 rings (SSSR count). The second-order valence-electron chi connectivity index (χ2n) is 5.50. The lowest BCUT2D eigenvalue weighted by atomic mass is 9.98. The van der Waals surface area contributed by atoms with E-state index in [9.17, 15) is 25.5 Å². The summed E-state index contributed by atoms with van der Waals surface area (Å²) in [6, 6.07) is 0. The van der Waals surface area contributed by atoms with Crippen LogP contribution in [-0.2, 0) is 26.8 Å². The maximum Gasteiger partial charge on any atom is 0.187 e. The Kier molecular flexibility index (Phi) is 6.61. The van der Waals surface area contributed by atoms with Gasteiger partial charge in [-0.3, -0.25) is 0 Å². The Labute approximate surface area is 137 Å². The summed E-state index contributed by atoms with van der Waals surface area (Å²) < 4.78 is 15.6. The Hall–Kier alpha value is -0.0500. The van der Waals surface area contributed by atoms with E-state index in [1.54, 1.807) is 0 Å². The summed E-state index contributed by atoms with van der Waals surface area (Å²) in [5, 5.41) is 67.3. The van der Waals surface area contributed by atoms with Crippen LogP contribution in [0.5, 0.6) is 0 Å². The van der Waals surface area contributed by atoms with Crippen LogP contribution in [0.3, 0.4) is 0 Å². The SMILES string of the molecule is OC[C@H]1OC(O[C@H]2C([S-])O[C@H](CO)[C@H](O)[C@@H]2O)[C@H](O)[C@@H](O)[C@H]1O. The molecule has 2 fully saturated rings. The van der Waals surface area contributed by atoms with Gasteiger partial charge in [0.1, 0.15) is 42.7 Å². The van der Waals surface area contributed by atoms with Crippen LogP contribution in [0.1, 0.15) is 0 Å². The van der Waals surface area contributed by atoms with Gasteiger partial charge >= 0.3 is 0 Å². The van der Waals surface area contributed by atoms with Crippen molar-refractivity contribution in [3.8, 4) is 0 Å². The molecule has 2 heterocycles. The average molecular weight is 357 g/mol. The van der Waals surface area contributed by atoms with E-state index in [0.717, 1.165) is 0 Å². The van der Waals surface area contributed by atoms with Crippen LogP contribution in [-0.4, -0.2) is 110 Å². The van der Waals surface area contributed by atoms with Gasteiger partial charge in [0.2, 0.25) is 0 Å². The second kappa shape index (κ2) is 7.89. The number of aliphatic hydroxyl groups excluding tert-OH is 7. The van der Waals surface area contributed by atoms with E-state index in [-0.39, 0.29) is 0 Å². The molecule has 10 atom stereocenters. The van der Waals surface area contributed by atoms with Crippen LogP contribution < -0.4 is 0 Å². The highest BCUT2D eigenvalue weighted by Crippen LogP contribution is 2.28. The molecule has 2 aliphatic rings. The van der Waals surface area contributed by atoms with Crippen LogP contribution in [0.4, 0.5) is 0 Å². The van der Waals surface area contributed by atoms with Gasteiger partial charge in [0.15, 0.2) is 6.29 Å². The Morgan fingerprint density at radius 1 is 0.739 bits per heavy atom. The zero-order valence-electron chi connectivity index (χ0n) is 12.0. The van der Waals surface area contributed by atoms with Crippen LogP contribution in [0.15, 0.2) is 0 Å². The topological polar surface area (TPSA) is 169 Å². The van der Waals surface area contributed by atoms with Gasteiger partial charge in [-0.2, -0.15) is 0 Å². The first kappa shape index (κ1) is 19.3. The summed E-state index contributed by atoms with van der Waals surface area (Å²) in [5.41, 5.74) is -1.17. The number of ether oxygens (including phenoxy) is 3. The van der Waals surface area contributed by atoms with Crippen molar-refractivity contribution < 1.29 is 50.0 Å².